The van der Waals surface area contributed by atoms with Crippen LogP contribution in [0.5, 0.6) is 0 Å². The molecular weight excluding hydrogens is 280 g/mol. The predicted octanol–water partition coefficient (Wildman–Crippen LogP) is 2.59. The number of aliphatic hydroxyl groups is 1. The molecule has 98 valence electrons. The summed E-state index contributed by atoms with van der Waals surface area (Å²) in [6.45, 7) is 2.33. The monoisotopic (exact) mass is 296 g/mol. The van der Waals surface area contributed by atoms with Crippen molar-refractivity contribution in [3.63, 3.8) is 0 Å². The van der Waals surface area contributed by atoms with Crippen LogP contribution in [0.4, 0.5) is 0 Å². The Morgan fingerprint density at radius 2 is 2.41 bits per heavy atom. The van der Waals surface area contributed by atoms with Crippen molar-refractivity contribution in [3.05, 3.63) is 10.3 Å². The minimum Gasteiger partial charge on any atom is -0.463 e. The molecule has 0 aromatic carbocycles. The number of carbonyl (C=O) groups excluding carboxylic acids is 1. The summed E-state index contributed by atoms with van der Waals surface area (Å²) in [5.41, 5.74) is 0. The fourth-order valence-electron chi connectivity index (χ4n) is 1.13. The molecule has 1 heterocycles. The fourth-order valence-corrected chi connectivity index (χ4v) is 5.13. The molecule has 4 nitrogen and oxygen atoms in total. The van der Waals surface area contributed by atoms with Gasteiger partial charge in [-0.15, -0.1) is 0 Å². The highest BCUT2D eigenvalue weighted by atomic mass is 33.5. The van der Waals surface area contributed by atoms with E-state index >= 15 is 0 Å². The Kier molecular flexibility index (Phi) is 8.21. The number of aliphatic hydroxyl groups excluding tert-OH is 1. The van der Waals surface area contributed by atoms with Gasteiger partial charge in [-0.2, -0.15) is 0 Å². The molecule has 1 rings (SSSR count). The van der Waals surface area contributed by atoms with Crippen molar-refractivity contribution in [2.75, 3.05) is 19.8 Å². The molecule has 0 aromatic rings. The molecule has 0 amide bonds. The van der Waals surface area contributed by atoms with E-state index in [1.54, 1.807) is 31.4 Å². The molecule has 17 heavy (non-hydrogen) atoms. The van der Waals surface area contributed by atoms with Crippen LogP contribution in [0, 0.1) is 0 Å². The van der Waals surface area contributed by atoms with Crippen LogP contribution < -0.4 is 0 Å². The molecule has 0 spiro atoms. The first-order valence-electron chi connectivity index (χ1n) is 5.33. The number of allylic oxidation sites excluding steroid dienone is 1. The summed E-state index contributed by atoms with van der Waals surface area (Å²) in [5, 5.41) is 11.0. The molecule has 0 fully saturated rings. The van der Waals surface area contributed by atoms with Gasteiger partial charge in [-0.3, -0.25) is 4.79 Å². The van der Waals surface area contributed by atoms with Crippen LogP contribution in [0.2, 0.25) is 0 Å². The van der Waals surface area contributed by atoms with Gasteiger partial charge in [-0.05, 0) is 39.4 Å². The summed E-state index contributed by atoms with van der Waals surface area (Å²) in [4.78, 5) is 12.6. The van der Waals surface area contributed by atoms with Crippen LogP contribution in [0.15, 0.2) is 10.3 Å². The molecule has 0 aliphatic carbocycles. The molecule has 0 saturated heterocycles. The van der Waals surface area contributed by atoms with Crippen LogP contribution in [0.3, 0.4) is 0 Å². The molecule has 1 N–H and O–H groups in total. The normalized spacial score (nSPS) is 16.7. The minimum atomic E-state index is -0.407. The summed E-state index contributed by atoms with van der Waals surface area (Å²) in [6.07, 6.45) is 0.696. The number of carbonyl (C=O) groups is 1. The van der Waals surface area contributed by atoms with E-state index in [-0.39, 0.29) is 19.2 Å². The second kappa shape index (κ2) is 9.16. The lowest BCUT2D eigenvalue weighted by atomic mass is 10.3. The minimum absolute atomic E-state index is 0.124. The zero-order valence-electron chi connectivity index (χ0n) is 9.59. The van der Waals surface area contributed by atoms with Gasteiger partial charge in [0.25, 0.3) is 0 Å². The van der Waals surface area contributed by atoms with E-state index in [4.69, 9.17) is 14.6 Å². The first-order chi connectivity index (χ1) is 8.26. The summed E-state index contributed by atoms with van der Waals surface area (Å²) in [7, 11) is 5.06. The van der Waals surface area contributed by atoms with E-state index in [9.17, 15) is 4.79 Å². The van der Waals surface area contributed by atoms with Gasteiger partial charge in [0.05, 0.1) is 13.0 Å². The quantitative estimate of drug-likeness (QED) is 0.545. The van der Waals surface area contributed by atoms with Crippen LogP contribution in [-0.2, 0) is 14.3 Å². The third-order valence-corrected chi connectivity index (χ3v) is 5.87. The maximum absolute atomic E-state index is 11.4. The maximum Gasteiger partial charge on any atom is 0.306 e. The molecule has 0 radical (unpaired) electrons. The first-order valence-corrected chi connectivity index (χ1v) is 8.88. The summed E-state index contributed by atoms with van der Waals surface area (Å²) >= 11 is 0. The van der Waals surface area contributed by atoms with E-state index in [2.05, 4.69) is 5.41 Å². The van der Waals surface area contributed by atoms with Gasteiger partial charge in [0.1, 0.15) is 12.7 Å². The Morgan fingerprint density at radius 3 is 3.00 bits per heavy atom. The Labute approximate surface area is 113 Å². The number of esters is 1. The Bertz CT molecular complexity index is 270. The topological polar surface area (TPSA) is 55.8 Å². The van der Waals surface area contributed by atoms with Gasteiger partial charge in [0.2, 0.25) is 0 Å². The molecule has 0 saturated carbocycles. The van der Waals surface area contributed by atoms with Crippen molar-refractivity contribution in [2.24, 2.45) is 0 Å². The average molecular weight is 296 g/mol. The van der Waals surface area contributed by atoms with Crippen molar-refractivity contribution in [1.82, 2.24) is 0 Å². The lowest BCUT2D eigenvalue weighted by Crippen LogP contribution is -2.25. The van der Waals surface area contributed by atoms with Crippen LogP contribution >= 0.6 is 31.4 Å². The lowest BCUT2D eigenvalue weighted by Gasteiger charge is -2.14. The van der Waals surface area contributed by atoms with E-state index in [0.717, 1.165) is 6.42 Å². The van der Waals surface area contributed by atoms with Gasteiger partial charge < -0.3 is 14.6 Å². The third-order valence-electron chi connectivity index (χ3n) is 1.97. The van der Waals surface area contributed by atoms with E-state index in [1.807, 2.05) is 6.92 Å². The smallest absolute Gasteiger partial charge is 0.306 e. The number of hydrogen-bond donors (Lipinski definition) is 1. The molecule has 1 atom stereocenters. The highest BCUT2D eigenvalue weighted by molar-refractivity contribution is 9.11. The molecule has 1 aliphatic rings. The van der Waals surface area contributed by atoms with E-state index in [1.165, 1.54) is 4.91 Å². The van der Waals surface area contributed by atoms with Gasteiger partial charge in [0, 0.05) is 11.5 Å². The molecule has 0 bridgehead atoms. The highest BCUT2D eigenvalue weighted by Gasteiger charge is 2.13. The van der Waals surface area contributed by atoms with Gasteiger partial charge in [-0.1, -0.05) is 10.8 Å². The Morgan fingerprint density at radius 1 is 1.59 bits per heavy atom. The van der Waals surface area contributed by atoms with Crippen molar-refractivity contribution >= 4 is 37.4 Å². The van der Waals surface area contributed by atoms with Gasteiger partial charge in [-0.25, -0.2) is 0 Å². The van der Waals surface area contributed by atoms with Crippen molar-refractivity contribution in [2.45, 2.75) is 25.9 Å². The first kappa shape index (κ1) is 15.2. The molecule has 1 aliphatic heterocycles. The standard InChI is InChI=1S/C10H16O4S3/c1-2-13-8(5-11)6-14-10(12)4-3-9-7-15-17-16-9/h7-8,11H,2-6H2,1H3. The summed E-state index contributed by atoms with van der Waals surface area (Å²) in [5.74, 6) is -0.244. The molecule has 0 aromatic heterocycles. The molecule has 7 heteroatoms. The maximum atomic E-state index is 11.4. The van der Waals surface area contributed by atoms with Crippen molar-refractivity contribution < 1.29 is 19.4 Å². The highest BCUT2D eigenvalue weighted by Crippen LogP contribution is 2.50. The number of ether oxygens (including phenoxy) is 2. The SMILES string of the molecule is CCOC(CO)COC(=O)CCC1=CSSS1. The van der Waals surface area contributed by atoms with E-state index in [0.29, 0.717) is 13.0 Å². The second-order valence-corrected chi connectivity index (χ2v) is 7.24. The Balaban J connectivity index is 2.11. The zero-order chi connectivity index (χ0) is 12.5. The van der Waals surface area contributed by atoms with E-state index < -0.39 is 6.10 Å². The van der Waals surface area contributed by atoms with Crippen LogP contribution in [-0.4, -0.2) is 37.0 Å². The van der Waals surface area contributed by atoms with Crippen LogP contribution in [0.1, 0.15) is 19.8 Å². The summed E-state index contributed by atoms with van der Waals surface area (Å²) in [6, 6.07) is 0. The predicted molar refractivity (Wildman–Crippen MR) is 73.5 cm³/mol. The number of rotatable bonds is 8. The fraction of sp³-hybridized carbons (Fsp3) is 0.700. The second-order valence-electron chi connectivity index (χ2n) is 3.27. The molecule has 1 unspecified atom stereocenters. The average Bonchev–Trinajstić information content (AvgIpc) is 2.85. The van der Waals surface area contributed by atoms with Crippen molar-refractivity contribution in [1.29, 1.82) is 0 Å². The van der Waals surface area contributed by atoms with Gasteiger partial charge in [0.15, 0.2) is 0 Å². The molecular formula is C10H16O4S3. The number of hydrogen-bond acceptors (Lipinski definition) is 7. The zero-order valence-corrected chi connectivity index (χ0v) is 12.0. The Hall–Kier alpha value is 0.180. The van der Waals surface area contributed by atoms with Crippen molar-refractivity contribution in [3.8, 4) is 0 Å². The largest absolute Gasteiger partial charge is 0.463 e. The lowest BCUT2D eigenvalue weighted by molar-refractivity contribution is -0.148. The third kappa shape index (κ3) is 6.61. The summed E-state index contributed by atoms with van der Waals surface area (Å²) < 4.78 is 10.2. The van der Waals surface area contributed by atoms with Gasteiger partial charge >= 0.3 is 5.97 Å². The van der Waals surface area contributed by atoms with Crippen LogP contribution in [0.25, 0.3) is 0 Å².